The van der Waals surface area contributed by atoms with Crippen LogP contribution in [-0.2, 0) is 0 Å². The van der Waals surface area contributed by atoms with Crippen LogP contribution in [0.2, 0.25) is 0 Å². The maximum Gasteiger partial charge on any atom is 0.0714 e. The molecule has 120 valence electrons. The Morgan fingerprint density at radius 1 is 1.23 bits per heavy atom. The van der Waals surface area contributed by atoms with Gasteiger partial charge in [0.05, 0.1) is 6.04 Å². The molecule has 0 aliphatic carbocycles. The molecule has 1 unspecified atom stereocenters. The minimum Gasteiger partial charge on any atom is -0.364 e. The smallest absolute Gasteiger partial charge is 0.0714 e. The highest BCUT2D eigenvalue weighted by atomic mass is 15.0. The van der Waals surface area contributed by atoms with Gasteiger partial charge in [-0.25, -0.2) is 0 Å². The second-order valence-corrected chi connectivity index (χ2v) is 4.70. The van der Waals surface area contributed by atoms with Crippen LogP contribution in [0.5, 0.6) is 0 Å². The van der Waals surface area contributed by atoms with Gasteiger partial charge in [0.1, 0.15) is 0 Å². The lowest BCUT2D eigenvalue weighted by Gasteiger charge is -2.19. The molecule has 0 aliphatic rings. The maximum absolute atomic E-state index is 4.12. The Kier molecular flexibility index (Phi) is 10.4. The molecule has 0 aromatic rings. The van der Waals surface area contributed by atoms with Crippen LogP contribution < -0.4 is 10.6 Å². The highest BCUT2D eigenvalue weighted by Gasteiger charge is 2.11. The molecule has 0 aromatic heterocycles. The molecule has 0 radical (unpaired) electrons. The van der Waals surface area contributed by atoms with Gasteiger partial charge >= 0.3 is 0 Å². The summed E-state index contributed by atoms with van der Waals surface area (Å²) >= 11 is 0. The quantitative estimate of drug-likeness (QED) is 0.474. The van der Waals surface area contributed by atoms with Crippen molar-refractivity contribution in [1.82, 2.24) is 10.6 Å². The fourth-order valence-corrected chi connectivity index (χ4v) is 2.05. The summed E-state index contributed by atoms with van der Waals surface area (Å²) in [4.78, 5) is 4.12. The van der Waals surface area contributed by atoms with Crippen molar-refractivity contribution in [2.24, 2.45) is 4.99 Å². The Balaban J connectivity index is 5.20. The van der Waals surface area contributed by atoms with Crippen LogP contribution in [0.25, 0.3) is 0 Å². The van der Waals surface area contributed by atoms with Crippen molar-refractivity contribution >= 4 is 6.21 Å². The van der Waals surface area contributed by atoms with Crippen LogP contribution in [0.15, 0.2) is 77.6 Å². The van der Waals surface area contributed by atoms with Crippen molar-refractivity contribution in [1.29, 1.82) is 0 Å². The number of allylic oxidation sites excluding steroid dienone is 5. The van der Waals surface area contributed by atoms with E-state index in [9.17, 15) is 0 Å². The molecule has 0 aromatic carbocycles. The normalized spacial score (nSPS) is 14.4. The lowest BCUT2D eigenvalue weighted by Crippen LogP contribution is -2.32. The first kappa shape index (κ1) is 19.9. The molecular weight excluding hydrogens is 270 g/mol. The minimum absolute atomic E-state index is 0.0502. The maximum atomic E-state index is 4.12. The lowest BCUT2D eigenvalue weighted by molar-refractivity contribution is 0.698. The molecular formula is C19H29N3. The zero-order valence-corrected chi connectivity index (χ0v) is 14.3. The predicted molar refractivity (Wildman–Crippen MR) is 100 cm³/mol. The van der Waals surface area contributed by atoms with Crippen LogP contribution in [-0.4, -0.2) is 26.4 Å². The Morgan fingerprint density at radius 3 is 2.36 bits per heavy atom. The average Bonchev–Trinajstić information content (AvgIpc) is 2.49. The first-order valence-electron chi connectivity index (χ1n) is 7.44. The first-order chi connectivity index (χ1) is 10.5. The Bertz CT molecular complexity index is 505. The van der Waals surface area contributed by atoms with Gasteiger partial charge in [0, 0.05) is 19.0 Å². The molecule has 0 saturated carbocycles. The Morgan fingerprint density at radius 2 is 1.91 bits per heavy atom. The van der Waals surface area contributed by atoms with Gasteiger partial charge in [-0.2, -0.15) is 0 Å². The molecule has 0 fully saturated rings. The molecule has 0 saturated heterocycles. The second kappa shape index (κ2) is 11.5. The summed E-state index contributed by atoms with van der Waals surface area (Å²) in [6.07, 6.45) is 12.7. The van der Waals surface area contributed by atoms with Crippen LogP contribution in [0.1, 0.15) is 20.3 Å². The summed E-state index contributed by atoms with van der Waals surface area (Å²) < 4.78 is 0. The van der Waals surface area contributed by atoms with Gasteiger partial charge in [0.2, 0.25) is 0 Å². The third-order valence-electron chi connectivity index (χ3n) is 3.11. The van der Waals surface area contributed by atoms with Crippen molar-refractivity contribution in [3.8, 4) is 0 Å². The minimum atomic E-state index is -0.0502. The Labute approximate surface area is 135 Å². The molecule has 1 atom stereocenters. The number of aliphatic imine (C=N–C) groups is 1. The van der Waals surface area contributed by atoms with E-state index in [2.05, 4.69) is 60.5 Å². The van der Waals surface area contributed by atoms with E-state index in [0.717, 1.165) is 28.8 Å². The third kappa shape index (κ3) is 6.55. The lowest BCUT2D eigenvalue weighted by atomic mass is 10.0. The van der Waals surface area contributed by atoms with Crippen LogP contribution in [0.3, 0.4) is 0 Å². The molecule has 0 bridgehead atoms. The number of nitrogens with zero attached hydrogens (tertiary/aromatic N) is 1. The highest BCUT2D eigenvalue weighted by molar-refractivity contribution is 5.85. The van der Waals surface area contributed by atoms with E-state index in [1.54, 1.807) is 13.2 Å². The third-order valence-corrected chi connectivity index (χ3v) is 3.11. The fraction of sp³-hybridized carbons (Fsp3) is 0.316. The zero-order valence-electron chi connectivity index (χ0n) is 14.3. The number of rotatable bonds is 10. The van der Waals surface area contributed by atoms with Crippen LogP contribution in [0, 0.1) is 0 Å². The van der Waals surface area contributed by atoms with E-state index >= 15 is 0 Å². The molecule has 0 spiro atoms. The number of hydrogen-bond donors (Lipinski definition) is 2. The van der Waals surface area contributed by atoms with Crippen molar-refractivity contribution < 1.29 is 0 Å². The summed E-state index contributed by atoms with van der Waals surface area (Å²) in [5.41, 5.74) is 3.96. The largest absolute Gasteiger partial charge is 0.364 e. The summed E-state index contributed by atoms with van der Waals surface area (Å²) in [6.45, 7) is 15.9. The summed E-state index contributed by atoms with van der Waals surface area (Å²) in [7, 11) is 3.66. The van der Waals surface area contributed by atoms with Crippen LogP contribution in [0.4, 0.5) is 0 Å². The van der Waals surface area contributed by atoms with Gasteiger partial charge in [-0.15, -0.1) is 0 Å². The zero-order chi connectivity index (χ0) is 17.0. The number of nitrogens with one attached hydrogen (secondary N) is 2. The molecule has 0 amide bonds. The van der Waals surface area contributed by atoms with E-state index in [1.807, 2.05) is 26.3 Å². The van der Waals surface area contributed by atoms with E-state index in [-0.39, 0.29) is 6.04 Å². The summed E-state index contributed by atoms with van der Waals surface area (Å²) in [6, 6.07) is -0.0502. The average molecular weight is 299 g/mol. The van der Waals surface area contributed by atoms with Gasteiger partial charge in [-0.3, -0.25) is 4.99 Å². The standard InChI is InChI=1S/C19H29N3/c1-8-11-18(14-20-6)17(9-2)13-12-15(4)19(21-7)16(5)22-10-3/h9-14,19,21-22H,3-5,8H2,1-2,6-7H3/b13-12-,17-9+,18-11+,20-14?. The summed E-state index contributed by atoms with van der Waals surface area (Å²) in [5, 5.41) is 6.19. The molecule has 2 N–H and O–H groups in total. The van der Waals surface area contributed by atoms with E-state index in [1.165, 1.54) is 0 Å². The molecule has 3 heteroatoms. The Hall–Kier alpha value is -2.13. The molecule has 0 heterocycles. The predicted octanol–water partition coefficient (Wildman–Crippen LogP) is 3.92. The summed E-state index contributed by atoms with van der Waals surface area (Å²) in [5.74, 6) is 0. The first-order valence-corrected chi connectivity index (χ1v) is 7.44. The molecule has 3 nitrogen and oxygen atoms in total. The SMILES string of the molecule is C=CNC(=C)C(NC)C(=C)\C=C/C(=C\C)C(/C=NC)=C/CC. The van der Waals surface area contributed by atoms with E-state index in [4.69, 9.17) is 0 Å². The highest BCUT2D eigenvalue weighted by Crippen LogP contribution is 2.14. The topological polar surface area (TPSA) is 36.4 Å². The fourth-order valence-electron chi connectivity index (χ4n) is 2.05. The molecule has 0 rings (SSSR count). The number of likely N-dealkylation sites (N-methyl/N-ethyl adjacent to an activating group) is 1. The van der Waals surface area contributed by atoms with Gasteiger partial charge in [-0.05, 0) is 43.3 Å². The van der Waals surface area contributed by atoms with Crippen LogP contribution >= 0.6 is 0 Å². The molecule has 22 heavy (non-hydrogen) atoms. The van der Waals surface area contributed by atoms with Crippen molar-refractivity contribution in [3.63, 3.8) is 0 Å². The van der Waals surface area contributed by atoms with E-state index < -0.39 is 0 Å². The van der Waals surface area contributed by atoms with Crippen molar-refractivity contribution in [2.75, 3.05) is 14.1 Å². The van der Waals surface area contributed by atoms with Gasteiger partial charge in [-0.1, -0.05) is 51.0 Å². The monoisotopic (exact) mass is 299 g/mol. The second-order valence-electron chi connectivity index (χ2n) is 4.70. The van der Waals surface area contributed by atoms with Gasteiger partial charge < -0.3 is 10.6 Å². The van der Waals surface area contributed by atoms with E-state index in [0.29, 0.717) is 0 Å². The number of hydrogen-bond acceptors (Lipinski definition) is 3. The van der Waals surface area contributed by atoms with Crippen molar-refractivity contribution in [2.45, 2.75) is 26.3 Å². The van der Waals surface area contributed by atoms with Crippen molar-refractivity contribution in [3.05, 3.63) is 72.7 Å². The molecule has 0 aliphatic heterocycles. The van der Waals surface area contributed by atoms with Gasteiger partial charge in [0.15, 0.2) is 0 Å². The van der Waals surface area contributed by atoms with Gasteiger partial charge in [0.25, 0.3) is 0 Å².